The summed E-state index contributed by atoms with van der Waals surface area (Å²) in [5, 5.41) is 31.7. The third kappa shape index (κ3) is 4.69. The summed E-state index contributed by atoms with van der Waals surface area (Å²) in [5.41, 5.74) is -0.292. The molecule has 0 saturated carbocycles. The van der Waals surface area contributed by atoms with Crippen LogP contribution >= 0.6 is 0 Å². The van der Waals surface area contributed by atoms with Crippen LogP contribution in [0.2, 0.25) is 0 Å². The number of carbonyl (C=O) groups excluding carboxylic acids is 1. The van der Waals surface area contributed by atoms with Gasteiger partial charge in [-0.3, -0.25) is 20.2 Å². The molecule has 2 heterocycles. The smallest absolute Gasteiger partial charge is 0.395 e. The minimum absolute atomic E-state index is 0.0257. The van der Waals surface area contributed by atoms with E-state index in [1.165, 1.54) is 24.3 Å². The van der Waals surface area contributed by atoms with Crippen molar-refractivity contribution >= 4 is 17.5 Å². The number of carbonyl (C=O) groups is 1. The third-order valence-corrected chi connectivity index (χ3v) is 5.28. The lowest BCUT2D eigenvalue weighted by Gasteiger charge is -2.19. The van der Waals surface area contributed by atoms with Gasteiger partial charge >= 0.3 is 6.16 Å². The number of benzene rings is 2. The topological polar surface area (TPSA) is 193 Å². The number of ether oxygens (including phenoxy) is 4. The molecule has 2 fully saturated rings. The van der Waals surface area contributed by atoms with E-state index < -0.39 is 45.3 Å². The van der Waals surface area contributed by atoms with E-state index in [9.17, 15) is 35.1 Å². The Morgan fingerprint density at radius 3 is 2.15 bits per heavy atom. The van der Waals surface area contributed by atoms with Crippen LogP contribution in [0.15, 0.2) is 42.5 Å². The second-order valence-corrected chi connectivity index (χ2v) is 7.25. The van der Waals surface area contributed by atoms with Crippen LogP contribution in [-0.2, 0) is 14.3 Å². The van der Waals surface area contributed by atoms with E-state index in [-0.39, 0.29) is 41.7 Å². The van der Waals surface area contributed by atoms with Crippen molar-refractivity contribution in [3.8, 4) is 11.5 Å². The van der Waals surface area contributed by atoms with Crippen molar-refractivity contribution in [2.24, 2.45) is 0 Å². The molecule has 4 atom stereocenters. The lowest BCUT2D eigenvalue weighted by Crippen LogP contribution is -2.32. The summed E-state index contributed by atoms with van der Waals surface area (Å²) in [4.78, 5) is 48.3. The predicted octanol–water partition coefficient (Wildman–Crippen LogP) is 2.54. The number of hydrogen-bond acceptors (Lipinski definition) is 12. The van der Waals surface area contributed by atoms with Crippen molar-refractivity contribution in [1.82, 2.24) is 0 Å². The van der Waals surface area contributed by atoms with Crippen molar-refractivity contribution in [3.63, 3.8) is 0 Å². The first kappa shape index (κ1) is 22.8. The van der Waals surface area contributed by atoms with Crippen LogP contribution in [-0.4, -0.2) is 52.6 Å². The average Bonchev–Trinajstić information content (AvgIpc) is 3.37. The first-order valence-electron chi connectivity index (χ1n) is 9.69. The molecule has 0 spiro atoms. The largest absolute Gasteiger partial charge is 0.519 e. The first-order chi connectivity index (χ1) is 16.2. The van der Waals surface area contributed by atoms with Gasteiger partial charge in [0.25, 0.3) is 16.5 Å². The Labute approximate surface area is 189 Å². The molecule has 4 rings (SSSR count). The Morgan fingerprint density at radius 1 is 0.853 bits per heavy atom. The predicted molar refractivity (Wildman–Crippen MR) is 107 cm³/mol. The van der Waals surface area contributed by atoms with Gasteiger partial charge < -0.3 is 23.8 Å². The first-order valence-corrected chi connectivity index (χ1v) is 9.69. The molecule has 178 valence electrons. The Hall–Kier alpha value is -4.37. The van der Waals surface area contributed by atoms with Crippen LogP contribution in [0.1, 0.15) is 11.5 Å². The van der Waals surface area contributed by atoms with Gasteiger partial charge in [0.05, 0.1) is 29.2 Å². The van der Waals surface area contributed by atoms with E-state index >= 15 is 0 Å². The monoisotopic (exact) mass is 477 g/mol. The fraction of sp³-hybridized carbons (Fsp3) is 0.316. The fourth-order valence-electron chi connectivity index (χ4n) is 3.81. The zero-order chi connectivity index (χ0) is 24.4. The summed E-state index contributed by atoms with van der Waals surface area (Å²) in [6.07, 6.45) is -3.70. The maximum absolute atomic E-state index is 12.3. The fourth-order valence-corrected chi connectivity index (χ4v) is 3.81. The van der Waals surface area contributed by atoms with Crippen molar-refractivity contribution in [1.29, 1.82) is 0 Å². The molecular formula is C19H15N3O12. The second-order valence-electron chi connectivity index (χ2n) is 7.25. The van der Waals surface area contributed by atoms with E-state index in [1.54, 1.807) is 0 Å². The van der Waals surface area contributed by atoms with E-state index in [4.69, 9.17) is 18.9 Å². The Balaban J connectivity index is 1.54. The van der Waals surface area contributed by atoms with Gasteiger partial charge in [-0.05, 0) is 18.2 Å². The van der Waals surface area contributed by atoms with Gasteiger partial charge in [0, 0.05) is 35.7 Å². The molecule has 34 heavy (non-hydrogen) atoms. The number of nitro benzene ring substituents is 2. The molecule has 0 unspecified atom stereocenters. The summed E-state index contributed by atoms with van der Waals surface area (Å²) in [6.45, 7) is -0.151. The average molecular weight is 477 g/mol. The van der Waals surface area contributed by atoms with Crippen LogP contribution < -0.4 is 9.47 Å². The lowest BCUT2D eigenvalue weighted by atomic mass is 9.92. The maximum Gasteiger partial charge on any atom is 0.519 e. The second kappa shape index (κ2) is 9.24. The van der Waals surface area contributed by atoms with Gasteiger partial charge in [0.2, 0.25) is 0 Å². The van der Waals surface area contributed by atoms with Gasteiger partial charge in [0.15, 0.2) is 6.10 Å². The van der Waals surface area contributed by atoms with Gasteiger partial charge in [-0.2, -0.15) is 0 Å². The number of nitrogens with zero attached hydrogens (tertiary/aromatic N) is 3. The van der Waals surface area contributed by atoms with Crippen molar-refractivity contribution in [3.05, 3.63) is 78.4 Å². The highest BCUT2D eigenvalue weighted by atomic mass is 17.0. The van der Waals surface area contributed by atoms with Crippen LogP contribution in [0.5, 0.6) is 11.5 Å². The molecule has 2 aromatic carbocycles. The Bertz CT molecular complexity index is 1140. The number of hydrogen-bond donors (Lipinski definition) is 0. The Morgan fingerprint density at radius 2 is 1.50 bits per heavy atom. The molecule has 0 aliphatic carbocycles. The molecule has 0 amide bonds. The Kier molecular flexibility index (Phi) is 6.20. The van der Waals surface area contributed by atoms with Gasteiger partial charge in [-0.15, -0.1) is 10.1 Å². The molecular weight excluding hydrogens is 462 g/mol. The zero-order valence-corrected chi connectivity index (χ0v) is 17.0. The highest BCUT2D eigenvalue weighted by Crippen LogP contribution is 2.42. The van der Waals surface area contributed by atoms with Crippen LogP contribution in [0.25, 0.3) is 0 Å². The number of nitro groups is 2. The molecule has 2 aliphatic heterocycles. The van der Waals surface area contributed by atoms with Crippen LogP contribution in [0.3, 0.4) is 0 Å². The van der Waals surface area contributed by atoms with E-state index in [2.05, 4.69) is 4.84 Å². The van der Waals surface area contributed by atoms with Gasteiger partial charge in [-0.25, -0.2) is 4.79 Å². The number of rotatable bonds is 7. The molecule has 0 N–H and O–H groups in total. The van der Waals surface area contributed by atoms with Crippen LogP contribution in [0.4, 0.5) is 16.2 Å². The quantitative estimate of drug-likeness (QED) is 0.245. The molecule has 2 aliphatic rings. The normalized spacial score (nSPS) is 23.1. The molecule has 0 bridgehead atoms. The number of fused-ring (bicyclic) bond motifs is 1. The highest BCUT2D eigenvalue weighted by Gasteiger charge is 2.50. The molecule has 15 heteroatoms. The standard InChI is InChI=1S/C19H15N3O12/c23-19(32-12-4-1-10(2-5-12)20(24)25)33-15-6-3-11(21(26)27)7-13(15)14-8-30-18-16(34-22(28)29)9-31-17(14)18/h1-7,14,16-18H,8-9H2/t14-,16+,17+,18-/m0/s1. The van der Waals surface area contributed by atoms with E-state index in [1.807, 2.05) is 0 Å². The van der Waals surface area contributed by atoms with Crippen LogP contribution in [0, 0.1) is 30.3 Å². The summed E-state index contributed by atoms with van der Waals surface area (Å²) in [7, 11) is 0. The summed E-state index contributed by atoms with van der Waals surface area (Å²) >= 11 is 0. The molecule has 0 radical (unpaired) electrons. The molecule has 2 aromatic rings. The minimum atomic E-state index is -1.19. The summed E-state index contributed by atoms with van der Waals surface area (Å²) in [6, 6.07) is 8.20. The molecule has 0 aromatic heterocycles. The lowest BCUT2D eigenvalue weighted by molar-refractivity contribution is -0.769. The number of non-ortho nitro benzene ring substituents is 2. The minimum Gasteiger partial charge on any atom is -0.395 e. The van der Waals surface area contributed by atoms with Crippen molar-refractivity contribution < 1.29 is 43.5 Å². The van der Waals surface area contributed by atoms with Crippen molar-refractivity contribution in [2.45, 2.75) is 24.2 Å². The third-order valence-electron chi connectivity index (χ3n) is 5.28. The summed E-state index contributed by atoms with van der Waals surface area (Å²) < 4.78 is 21.5. The summed E-state index contributed by atoms with van der Waals surface area (Å²) in [5.74, 6) is -0.761. The maximum atomic E-state index is 12.3. The molecule has 15 nitrogen and oxygen atoms in total. The SMILES string of the molecule is O=C(Oc1ccc([N+](=O)[O-])cc1)Oc1ccc([N+](=O)[O-])cc1[C@@H]1CO[C@@H]2[C@@H]1OC[C@H]2O[N+](=O)[O-]. The van der Waals surface area contributed by atoms with E-state index in [0.717, 1.165) is 18.2 Å². The highest BCUT2D eigenvalue weighted by molar-refractivity contribution is 5.68. The van der Waals surface area contributed by atoms with Crippen molar-refractivity contribution in [2.75, 3.05) is 13.2 Å². The van der Waals surface area contributed by atoms with E-state index in [0.29, 0.717) is 0 Å². The van der Waals surface area contributed by atoms with Gasteiger partial charge in [0.1, 0.15) is 17.6 Å². The zero-order valence-electron chi connectivity index (χ0n) is 17.0. The van der Waals surface area contributed by atoms with Gasteiger partial charge in [-0.1, -0.05) is 0 Å². The molecule has 2 saturated heterocycles.